The molecule has 0 fully saturated rings. The molecule has 1 atom stereocenters. The van der Waals surface area contributed by atoms with Gasteiger partial charge in [-0.15, -0.1) is 11.8 Å². The molecule has 1 aromatic heterocycles. The Labute approximate surface area is 235 Å². The number of carbonyl (C=O) groups is 3. The Kier molecular flexibility index (Phi) is 8.26. The van der Waals surface area contributed by atoms with Crippen molar-refractivity contribution in [3.63, 3.8) is 0 Å². The molecule has 0 spiro atoms. The molecule has 4 N–H and O–H groups in total. The van der Waals surface area contributed by atoms with Gasteiger partial charge in [-0.05, 0) is 48.7 Å². The smallest absolute Gasteiger partial charge is 0.338 e. The maximum absolute atomic E-state index is 13.0. The van der Waals surface area contributed by atoms with Gasteiger partial charge in [0.05, 0.1) is 36.5 Å². The second-order valence-electron chi connectivity index (χ2n) is 7.82. The van der Waals surface area contributed by atoms with Gasteiger partial charge in [-0.1, -0.05) is 58.5 Å². The van der Waals surface area contributed by atoms with Crippen LogP contribution in [0.2, 0.25) is 20.1 Å². The van der Waals surface area contributed by atoms with Crippen LogP contribution in [0.3, 0.4) is 0 Å². The van der Waals surface area contributed by atoms with Gasteiger partial charge in [0.2, 0.25) is 5.91 Å². The highest BCUT2D eigenvalue weighted by molar-refractivity contribution is 8.00. The Hall–Kier alpha value is -2.88. The van der Waals surface area contributed by atoms with Crippen LogP contribution < -0.4 is 10.6 Å². The minimum Gasteiger partial charge on any atom is -0.478 e. The van der Waals surface area contributed by atoms with Crippen molar-refractivity contribution < 1.29 is 19.5 Å². The lowest BCUT2D eigenvalue weighted by Crippen LogP contribution is -2.22. The highest BCUT2D eigenvalue weighted by Gasteiger charge is 2.29. The van der Waals surface area contributed by atoms with Crippen LogP contribution in [0, 0.1) is 0 Å². The summed E-state index contributed by atoms with van der Waals surface area (Å²) in [5, 5.41) is 14.4. The molecule has 0 aliphatic heterocycles. The fourth-order valence-electron chi connectivity index (χ4n) is 3.51. The SMILES string of the molecule is CC(Sc1cccc(NC(=O)c2c(Cl)c(Cl)c(Cl)c(Cl)c2C(=O)O)c1)C(=O)Nc1ccc2cc[nH]c2c1. The maximum atomic E-state index is 13.0. The second-order valence-corrected chi connectivity index (χ2v) is 10.7. The topological polar surface area (TPSA) is 111 Å². The number of amides is 2. The first kappa shape index (κ1) is 27.2. The Morgan fingerprint density at radius 3 is 2.24 bits per heavy atom. The van der Waals surface area contributed by atoms with Crippen LogP contribution in [0.25, 0.3) is 10.9 Å². The zero-order valence-corrected chi connectivity index (χ0v) is 22.7. The van der Waals surface area contributed by atoms with Gasteiger partial charge in [-0.3, -0.25) is 9.59 Å². The summed E-state index contributed by atoms with van der Waals surface area (Å²) in [6, 6.07) is 14.2. The van der Waals surface area contributed by atoms with E-state index >= 15 is 0 Å². The predicted molar refractivity (Wildman–Crippen MR) is 150 cm³/mol. The largest absolute Gasteiger partial charge is 0.478 e. The first-order valence-corrected chi connectivity index (χ1v) is 13.0. The molecule has 2 amide bonds. The molecular weight excluding hydrogens is 580 g/mol. The summed E-state index contributed by atoms with van der Waals surface area (Å²) in [5.74, 6) is -2.53. The van der Waals surface area contributed by atoms with Gasteiger partial charge >= 0.3 is 5.97 Å². The van der Waals surface area contributed by atoms with E-state index in [0.29, 0.717) is 16.3 Å². The van der Waals surface area contributed by atoms with Crippen LogP contribution in [-0.4, -0.2) is 33.1 Å². The summed E-state index contributed by atoms with van der Waals surface area (Å²) in [6.07, 6.45) is 1.83. The number of hydrogen-bond acceptors (Lipinski definition) is 4. The molecule has 0 saturated carbocycles. The van der Waals surface area contributed by atoms with E-state index in [1.54, 1.807) is 31.2 Å². The van der Waals surface area contributed by atoms with Crippen LogP contribution in [0.4, 0.5) is 11.4 Å². The number of carbonyl (C=O) groups excluding carboxylic acids is 2. The highest BCUT2D eigenvalue weighted by atomic mass is 35.5. The maximum Gasteiger partial charge on any atom is 0.338 e. The Morgan fingerprint density at radius 1 is 0.865 bits per heavy atom. The Balaban J connectivity index is 1.49. The number of rotatable bonds is 7. The lowest BCUT2D eigenvalue weighted by atomic mass is 10.1. The first-order valence-electron chi connectivity index (χ1n) is 10.6. The molecule has 3 aromatic carbocycles. The zero-order valence-electron chi connectivity index (χ0n) is 18.9. The van der Waals surface area contributed by atoms with E-state index in [1.807, 2.05) is 30.5 Å². The van der Waals surface area contributed by atoms with Crippen LogP contribution >= 0.6 is 58.2 Å². The predicted octanol–water partition coefficient (Wildman–Crippen LogP) is 7.85. The van der Waals surface area contributed by atoms with Crippen molar-refractivity contribution in [3.8, 4) is 0 Å². The normalized spacial score (nSPS) is 11.8. The van der Waals surface area contributed by atoms with Crippen molar-refractivity contribution in [1.29, 1.82) is 0 Å². The average molecular weight is 597 g/mol. The molecule has 0 saturated heterocycles. The summed E-state index contributed by atoms with van der Waals surface area (Å²) in [6.45, 7) is 1.76. The number of aromatic nitrogens is 1. The number of aromatic carboxylic acids is 1. The van der Waals surface area contributed by atoms with E-state index in [1.165, 1.54) is 11.8 Å². The van der Waals surface area contributed by atoms with Gasteiger partial charge in [0.15, 0.2) is 0 Å². The van der Waals surface area contributed by atoms with Gasteiger partial charge in [0, 0.05) is 28.0 Å². The average Bonchev–Trinajstić information content (AvgIpc) is 3.32. The molecule has 0 bridgehead atoms. The monoisotopic (exact) mass is 595 g/mol. The summed E-state index contributed by atoms with van der Waals surface area (Å²) >= 11 is 25.5. The summed E-state index contributed by atoms with van der Waals surface area (Å²) in [7, 11) is 0. The van der Waals surface area contributed by atoms with Crippen LogP contribution in [-0.2, 0) is 4.79 Å². The van der Waals surface area contributed by atoms with E-state index in [4.69, 9.17) is 46.4 Å². The van der Waals surface area contributed by atoms with Crippen molar-refractivity contribution in [2.45, 2.75) is 17.1 Å². The molecule has 0 radical (unpaired) electrons. The van der Waals surface area contributed by atoms with Gasteiger partial charge in [-0.2, -0.15) is 0 Å². The van der Waals surface area contributed by atoms with Gasteiger partial charge in [0.1, 0.15) is 0 Å². The van der Waals surface area contributed by atoms with Crippen LogP contribution in [0.5, 0.6) is 0 Å². The molecule has 0 aliphatic rings. The van der Waals surface area contributed by atoms with Gasteiger partial charge in [0.25, 0.3) is 5.91 Å². The fourth-order valence-corrected chi connectivity index (χ4v) is 5.46. The quantitative estimate of drug-likeness (QED) is 0.0986. The number of carboxylic acids is 1. The molecule has 4 aromatic rings. The number of anilines is 2. The molecule has 1 heterocycles. The van der Waals surface area contributed by atoms with Gasteiger partial charge in [-0.25, -0.2) is 4.79 Å². The van der Waals surface area contributed by atoms with Crippen molar-refractivity contribution in [1.82, 2.24) is 4.98 Å². The molecule has 7 nitrogen and oxygen atoms in total. The number of aromatic amines is 1. The molecule has 1 unspecified atom stereocenters. The van der Waals surface area contributed by atoms with Crippen LogP contribution in [0.15, 0.2) is 59.6 Å². The van der Waals surface area contributed by atoms with Crippen LogP contribution in [0.1, 0.15) is 27.6 Å². The third-order valence-corrected chi connectivity index (χ3v) is 8.20. The summed E-state index contributed by atoms with van der Waals surface area (Å²) in [5.41, 5.74) is 0.940. The molecule has 190 valence electrons. The molecule has 0 aliphatic carbocycles. The molecular formula is C25H17Cl4N3O4S. The van der Waals surface area contributed by atoms with Crippen molar-refractivity contribution in [2.24, 2.45) is 0 Å². The van der Waals surface area contributed by atoms with E-state index in [0.717, 1.165) is 10.9 Å². The number of halogens is 4. The van der Waals surface area contributed by atoms with Gasteiger partial charge < -0.3 is 20.7 Å². The minimum atomic E-state index is -1.49. The molecule has 37 heavy (non-hydrogen) atoms. The fraction of sp³-hybridized carbons (Fsp3) is 0.0800. The van der Waals surface area contributed by atoms with Crippen molar-refractivity contribution >= 4 is 98.2 Å². The lowest BCUT2D eigenvalue weighted by Gasteiger charge is -2.15. The standard InChI is InChI=1S/C25H17Cl4N3O4S/c1-11(23(33)31-14-6-5-12-7-8-30-16(12)10-14)37-15-4-2-3-13(9-15)32-24(34)17-18(25(35)36)20(27)22(29)21(28)19(17)26/h2-11,30H,1H3,(H,31,33)(H,32,34)(H,35,36). The van der Waals surface area contributed by atoms with E-state index in [2.05, 4.69) is 15.6 Å². The molecule has 12 heteroatoms. The van der Waals surface area contributed by atoms with E-state index < -0.39 is 33.3 Å². The van der Waals surface area contributed by atoms with E-state index in [9.17, 15) is 19.5 Å². The zero-order chi connectivity index (χ0) is 26.9. The number of nitrogens with one attached hydrogen (secondary N) is 3. The molecule has 4 rings (SSSR count). The Morgan fingerprint density at radius 2 is 1.54 bits per heavy atom. The number of H-pyrrole nitrogens is 1. The van der Waals surface area contributed by atoms with Crippen molar-refractivity contribution in [2.75, 3.05) is 10.6 Å². The third-order valence-electron chi connectivity index (χ3n) is 5.30. The number of benzene rings is 3. The summed E-state index contributed by atoms with van der Waals surface area (Å²) < 4.78 is 0. The number of fused-ring (bicyclic) bond motifs is 1. The third kappa shape index (κ3) is 5.84. The first-order chi connectivity index (χ1) is 17.6. The number of hydrogen-bond donors (Lipinski definition) is 4. The van der Waals surface area contributed by atoms with Crippen molar-refractivity contribution in [3.05, 3.63) is 85.9 Å². The Bertz CT molecular complexity index is 1560. The second kappa shape index (κ2) is 11.2. The lowest BCUT2D eigenvalue weighted by molar-refractivity contribution is -0.115. The minimum absolute atomic E-state index is 0.200. The summed E-state index contributed by atoms with van der Waals surface area (Å²) in [4.78, 5) is 41.3. The number of thioether (sulfide) groups is 1. The van der Waals surface area contributed by atoms with E-state index in [-0.39, 0.29) is 21.0 Å². The number of carboxylic acid groups (broad SMARTS) is 1. The highest BCUT2D eigenvalue weighted by Crippen LogP contribution is 2.42.